The van der Waals surface area contributed by atoms with Crippen LogP contribution in [0.5, 0.6) is 0 Å². The largest absolute Gasteiger partial charge is 0.373 e. The second-order valence-electron chi connectivity index (χ2n) is 4.96. The van der Waals surface area contributed by atoms with Crippen molar-refractivity contribution in [2.75, 3.05) is 5.32 Å². The molecule has 104 valence electrons. The first-order chi connectivity index (χ1) is 10.3. The van der Waals surface area contributed by atoms with Crippen molar-refractivity contribution in [3.05, 3.63) is 90.0 Å². The van der Waals surface area contributed by atoms with Gasteiger partial charge in [-0.1, -0.05) is 30.3 Å². The van der Waals surface area contributed by atoms with E-state index in [0.717, 1.165) is 11.4 Å². The van der Waals surface area contributed by atoms with Crippen molar-refractivity contribution in [2.24, 2.45) is 0 Å². The summed E-state index contributed by atoms with van der Waals surface area (Å²) in [5, 5.41) is 3.55. The van der Waals surface area contributed by atoms with E-state index in [1.54, 1.807) is 0 Å². The minimum Gasteiger partial charge on any atom is -0.373 e. The highest BCUT2D eigenvalue weighted by Crippen LogP contribution is 2.25. The first-order valence-electron chi connectivity index (χ1n) is 6.97. The van der Waals surface area contributed by atoms with Crippen LogP contribution in [0.4, 0.5) is 5.69 Å². The lowest BCUT2D eigenvalue weighted by molar-refractivity contribution is 0.930. The first-order valence-corrected chi connectivity index (χ1v) is 6.97. The second kappa shape index (κ2) is 6.18. The van der Waals surface area contributed by atoms with Crippen LogP contribution in [0.1, 0.15) is 22.9 Å². The van der Waals surface area contributed by atoms with Gasteiger partial charge in [-0.2, -0.15) is 0 Å². The molecule has 2 heterocycles. The molecule has 3 heteroatoms. The van der Waals surface area contributed by atoms with Crippen LogP contribution in [0.2, 0.25) is 0 Å². The molecule has 1 atom stereocenters. The molecule has 3 rings (SSSR count). The smallest absolute Gasteiger partial charge is 0.0769 e. The minimum absolute atomic E-state index is 0.0821. The summed E-state index contributed by atoms with van der Waals surface area (Å²) in [6.07, 6.45) is 5.51. The third-order valence-electron chi connectivity index (χ3n) is 3.39. The molecule has 2 aromatic heterocycles. The average molecular weight is 275 g/mol. The van der Waals surface area contributed by atoms with Gasteiger partial charge in [-0.15, -0.1) is 0 Å². The van der Waals surface area contributed by atoms with Gasteiger partial charge in [0.25, 0.3) is 0 Å². The van der Waals surface area contributed by atoms with Crippen LogP contribution in [-0.2, 0) is 0 Å². The Morgan fingerprint density at radius 3 is 2.24 bits per heavy atom. The van der Waals surface area contributed by atoms with Gasteiger partial charge in [-0.05, 0) is 42.3 Å². The molecule has 0 fully saturated rings. The van der Waals surface area contributed by atoms with Crippen molar-refractivity contribution in [1.82, 2.24) is 9.97 Å². The molecule has 0 aliphatic carbocycles. The number of aromatic nitrogens is 2. The number of benzene rings is 1. The highest BCUT2D eigenvalue weighted by molar-refractivity contribution is 5.47. The number of hydrogen-bond donors (Lipinski definition) is 1. The summed E-state index contributed by atoms with van der Waals surface area (Å²) in [5.41, 5.74) is 4.41. The lowest BCUT2D eigenvalue weighted by atomic mass is 9.99. The molecule has 0 aliphatic heterocycles. The quantitative estimate of drug-likeness (QED) is 0.782. The summed E-state index contributed by atoms with van der Waals surface area (Å²) in [6, 6.07) is 18.6. The zero-order valence-electron chi connectivity index (χ0n) is 11.9. The van der Waals surface area contributed by atoms with Crippen LogP contribution >= 0.6 is 0 Å². The molecule has 0 bridgehead atoms. The summed E-state index contributed by atoms with van der Waals surface area (Å²) in [5.74, 6) is 0. The lowest BCUT2D eigenvalue weighted by Crippen LogP contribution is -2.12. The first kappa shape index (κ1) is 13.3. The van der Waals surface area contributed by atoms with E-state index in [9.17, 15) is 0 Å². The molecule has 0 amide bonds. The van der Waals surface area contributed by atoms with Crippen LogP contribution in [0.3, 0.4) is 0 Å². The van der Waals surface area contributed by atoms with Crippen LogP contribution in [0.25, 0.3) is 0 Å². The number of pyridine rings is 2. The molecule has 0 saturated heterocycles. The Morgan fingerprint density at radius 1 is 0.857 bits per heavy atom. The lowest BCUT2D eigenvalue weighted by Gasteiger charge is -2.20. The fourth-order valence-corrected chi connectivity index (χ4v) is 2.28. The van der Waals surface area contributed by atoms with Gasteiger partial charge in [0, 0.05) is 18.1 Å². The molecule has 0 aliphatic rings. The second-order valence-corrected chi connectivity index (χ2v) is 4.96. The maximum absolute atomic E-state index is 4.34. The maximum Gasteiger partial charge on any atom is 0.0769 e. The third kappa shape index (κ3) is 3.26. The van der Waals surface area contributed by atoms with Crippen LogP contribution < -0.4 is 5.32 Å². The summed E-state index contributed by atoms with van der Waals surface area (Å²) in [6.45, 7) is 1.99. The highest BCUT2D eigenvalue weighted by Gasteiger charge is 2.13. The normalized spacial score (nSPS) is 11.9. The summed E-state index contributed by atoms with van der Waals surface area (Å²) >= 11 is 0. The Balaban J connectivity index is 1.95. The SMILES string of the molecule is Cc1ccc(NC(c2ccccc2)c2ccncc2)cn1. The monoisotopic (exact) mass is 275 g/mol. The third-order valence-corrected chi connectivity index (χ3v) is 3.39. The Kier molecular flexibility index (Phi) is 3.92. The van der Waals surface area contributed by atoms with Crippen LogP contribution in [-0.4, -0.2) is 9.97 Å². The number of nitrogens with zero attached hydrogens (tertiary/aromatic N) is 2. The predicted molar refractivity (Wildman–Crippen MR) is 85.1 cm³/mol. The van der Waals surface area contributed by atoms with Crippen molar-refractivity contribution in [3.8, 4) is 0 Å². The molecule has 1 unspecified atom stereocenters. The number of nitrogens with one attached hydrogen (secondary N) is 1. The van der Waals surface area contributed by atoms with Crippen LogP contribution in [0.15, 0.2) is 73.2 Å². The van der Waals surface area contributed by atoms with E-state index >= 15 is 0 Å². The van der Waals surface area contributed by atoms with E-state index in [4.69, 9.17) is 0 Å². The van der Waals surface area contributed by atoms with E-state index in [1.165, 1.54) is 11.1 Å². The van der Waals surface area contributed by atoms with E-state index < -0.39 is 0 Å². The van der Waals surface area contributed by atoms with Crippen molar-refractivity contribution in [1.29, 1.82) is 0 Å². The summed E-state index contributed by atoms with van der Waals surface area (Å²) in [7, 11) is 0. The van der Waals surface area contributed by atoms with Gasteiger partial charge in [-0.3, -0.25) is 9.97 Å². The molecule has 1 aromatic carbocycles. The fourth-order valence-electron chi connectivity index (χ4n) is 2.28. The Bertz CT molecular complexity index is 639. The molecule has 3 aromatic rings. The summed E-state index contributed by atoms with van der Waals surface area (Å²) in [4.78, 5) is 8.44. The Hall–Kier alpha value is -2.68. The van der Waals surface area contributed by atoms with Gasteiger partial charge in [-0.25, -0.2) is 0 Å². The molecule has 21 heavy (non-hydrogen) atoms. The van der Waals surface area contributed by atoms with E-state index in [-0.39, 0.29) is 6.04 Å². The topological polar surface area (TPSA) is 37.8 Å². The highest BCUT2D eigenvalue weighted by atomic mass is 14.9. The van der Waals surface area contributed by atoms with Gasteiger partial charge in [0.05, 0.1) is 17.9 Å². The van der Waals surface area contributed by atoms with Gasteiger partial charge < -0.3 is 5.32 Å². The van der Waals surface area contributed by atoms with Crippen LogP contribution in [0, 0.1) is 6.92 Å². The van der Waals surface area contributed by atoms with Crippen molar-refractivity contribution in [3.63, 3.8) is 0 Å². The molecular weight excluding hydrogens is 258 g/mol. The van der Waals surface area contributed by atoms with Crippen molar-refractivity contribution in [2.45, 2.75) is 13.0 Å². The van der Waals surface area contributed by atoms with E-state index in [0.29, 0.717) is 0 Å². The molecular formula is C18H17N3. The van der Waals surface area contributed by atoms with Gasteiger partial charge in [0.2, 0.25) is 0 Å². The number of anilines is 1. The maximum atomic E-state index is 4.34. The molecule has 3 nitrogen and oxygen atoms in total. The predicted octanol–water partition coefficient (Wildman–Crippen LogP) is 3.99. The minimum atomic E-state index is 0.0821. The number of aryl methyl sites for hydroxylation is 1. The van der Waals surface area contributed by atoms with E-state index in [2.05, 4.69) is 45.6 Å². The Labute approximate surface area is 124 Å². The number of hydrogen-bond acceptors (Lipinski definition) is 3. The molecule has 1 N–H and O–H groups in total. The van der Waals surface area contributed by atoms with Gasteiger partial charge in [0.15, 0.2) is 0 Å². The molecule has 0 radical (unpaired) electrons. The van der Waals surface area contributed by atoms with Gasteiger partial charge >= 0.3 is 0 Å². The standard InChI is InChI=1S/C18H17N3/c1-14-7-8-17(13-20-14)21-18(15-5-3-2-4-6-15)16-9-11-19-12-10-16/h2-13,18,21H,1H3. The van der Waals surface area contributed by atoms with Crippen molar-refractivity contribution >= 4 is 5.69 Å². The van der Waals surface area contributed by atoms with E-state index in [1.807, 2.05) is 49.8 Å². The molecule has 0 spiro atoms. The average Bonchev–Trinajstić information content (AvgIpc) is 2.56. The zero-order valence-corrected chi connectivity index (χ0v) is 11.9. The molecule has 0 saturated carbocycles. The fraction of sp³-hybridized carbons (Fsp3) is 0.111. The van der Waals surface area contributed by atoms with Gasteiger partial charge in [0.1, 0.15) is 0 Å². The van der Waals surface area contributed by atoms with Crippen molar-refractivity contribution < 1.29 is 0 Å². The Morgan fingerprint density at radius 2 is 1.57 bits per heavy atom. The summed E-state index contributed by atoms with van der Waals surface area (Å²) < 4.78 is 0. The number of rotatable bonds is 4. The zero-order chi connectivity index (χ0) is 14.5.